The van der Waals surface area contributed by atoms with Gasteiger partial charge in [-0.15, -0.1) is 0 Å². The highest BCUT2D eigenvalue weighted by Gasteiger charge is 2.23. The summed E-state index contributed by atoms with van der Waals surface area (Å²) in [5.41, 5.74) is 4.75. The van der Waals surface area contributed by atoms with Crippen molar-refractivity contribution in [2.45, 2.75) is 70.8 Å². The third-order valence-corrected chi connectivity index (χ3v) is 6.36. The van der Waals surface area contributed by atoms with Gasteiger partial charge >= 0.3 is 5.97 Å². The Morgan fingerprint density at radius 3 is 2.45 bits per heavy atom. The maximum atomic E-state index is 11.4. The number of hydrogen-bond acceptors (Lipinski definition) is 4. The Hall–Kier alpha value is -3.00. The van der Waals surface area contributed by atoms with Gasteiger partial charge in [-0.1, -0.05) is 32.3 Å². The van der Waals surface area contributed by atoms with E-state index in [1.54, 1.807) is 0 Å². The first-order chi connectivity index (χ1) is 15.0. The number of hydrogen-bond donors (Lipinski definition) is 2. The first-order valence-electron chi connectivity index (χ1n) is 11.4. The van der Waals surface area contributed by atoms with Crippen molar-refractivity contribution in [1.29, 1.82) is 5.26 Å². The topological polar surface area (TPSA) is 76.4 Å². The number of nitriles is 1. The lowest BCUT2D eigenvalue weighted by Gasteiger charge is -2.37. The van der Waals surface area contributed by atoms with Crippen LogP contribution in [0.2, 0.25) is 0 Å². The predicted molar refractivity (Wildman–Crippen MR) is 126 cm³/mol. The highest BCUT2D eigenvalue weighted by Crippen LogP contribution is 2.37. The minimum atomic E-state index is -0.769. The van der Waals surface area contributed by atoms with Crippen molar-refractivity contribution in [3.05, 3.63) is 53.6 Å². The van der Waals surface area contributed by atoms with Crippen LogP contribution in [0.25, 0.3) is 0 Å². The summed E-state index contributed by atoms with van der Waals surface area (Å²) in [5, 5.41) is 22.0. The van der Waals surface area contributed by atoms with E-state index in [-0.39, 0.29) is 12.3 Å². The van der Waals surface area contributed by atoms with E-state index in [9.17, 15) is 9.90 Å². The molecule has 0 aromatic heterocycles. The number of carbonyl (C=O) groups is 1. The van der Waals surface area contributed by atoms with Crippen molar-refractivity contribution in [2.75, 3.05) is 16.8 Å². The van der Waals surface area contributed by atoms with E-state index < -0.39 is 5.97 Å². The maximum absolute atomic E-state index is 11.4. The van der Waals surface area contributed by atoms with Gasteiger partial charge in [0.05, 0.1) is 29.4 Å². The predicted octanol–water partition coefficient (Wildman–Crippen LogP) is 6.43. The van der Waals surface area contributed by atoms with Gasteiger partial charge in [0.2, 0.25) is 0 Å². The maximum Gasteiger partial charge on any atom is 0.303 e. The van der Waals surface area contributed by atoms with Gasteiger partial charge in [0.25, 0.3) is 0 Å². The molecule has 1 atom stereocenters. The van der Waals surface area contributed by atoms with E-state index in [4.69, 9.17) is 5.26 Å². The lowest BCUT2D eigenvalue weighted by Crippen LogP contribution is -2.37. The van der Waals surface area contributed by atoms with Gasteiger partial charge in [0, 0.05) is 18.3 Å². The van der Waals surface area contributed by atoms with E-state index in [2.05, 4.69) is 41.4 Å². The molecule has 0 bridgehead atoms. The molecule has 0 unspecified atom stereocenters. The Morgan fingerprint density at radius 1 is 1.16 bits per heavy atom. The van der Waals surface area contributed by atoms with E-state index >= 15 is 0 Å². The van der Waals surface area contributed by atoms with Crippen molar-refractivity contribution < 1.29 is 9.90 Å². The first kappa shape index (κ1) is 22.7. The number of rotatable bonds is 9. The minimum absolute atomic E-state index is 0.0159. The number of nitrogens with zero attached hydrogens (tertiary/aromatic N) is 2. The van der Waals surface area contributed by atoms with Crippen molar-refractivity contribution in [3.8, 4) is 6.07 Å². The van der Waals surface area contributed by atoms with Crippen LogP contribution in [0.4, 0.5) is 17.1 Å². The third kappa shape index (κ3) is 5.79. The van der Waals surface area contributed by atoms with Crippen molar-refractivity contribution in [3.63, 3.8) is 0 Å². The molecule has 5 heteroatoms. The Balaban J connectivity index is 1.99. The van der Waals surface area contributed by atoms with Crippen LogP contribution in [0.5, 0.6) is 0 Å². The van der Waals surface area contributed by atoms with Crippen LogP contribution < -0.4 is 10.2 Å². The molecule has 2 N–H and O–H groups in total. The Kier molecular flexibility index (Phi) is 7.94. The van der Waals surface area contributed by atoms with Crippen molar-refractivity contribution in [2.24, 2.45) is 0 Å². The average Bonchev–Trinajstić information content (AvgIpc) is 2.80. The van der Waals surface area contributed by atoms with E-state index in [1.165, 1.54) is 32.1 Å². The normalized spacial score (nSPS) is 15.1. The number of nitrogens with one attached hydrogen (secondary N) is 1. The monoisotopic (exact) mass is 419 g/mol. The molecule has 1 aliphatic rings. The number of carboxylic acids is 1. The molecule has 0 radical (unpaired) electrons. The molecule has 5 nitrogen and oxygen atoms in total. The largest absolute Gasteiger partial charge is 0.481 e. The third-order valence-electron chi connectivity index (χ3n) is 6.36. The van der Waals surface area contributed by atoms with Crippen LogP contribution in [-0.2, 0) is 4.79 Å². The summed E-state index contributed by atoms with van der Waals surface area (Å²) < 4.78 is 0. The molecule has 31 heavy (non-hydrogen) atoms. The van der Waals surface area contributed by atoms with Gasteiger partial charge in [0.15, 0.2) is 0 Å². The summed E-state index contributed by atoms with van der Waals surface area (Å²) in [6, 6.07) is 16.5. The second-order valence-electron chi connectivity index (χ2n) is 8.37. The van der Waals surface area contributed by atoms with E-state index in [0.29, 0.717) is 11.6 Å². The van der Waals surface area contributed by atoms with Gasteiger partial charge in [-0.3, -0.25) is 4.79 Å². The summed E-state index contributed by atoms with van der Waals surface area (Å²) in [5.74, 6) is -0.784. The standard InChI is InChI=1S/C26H33N3O2/c1-3-20(17-26(30)31)21-12-15-25(29(4-2)23-8-6-5-7-9-23)24(16-21)28-22-13-10-19(18-27)11-14-22/h10-16,20,23,28H,3-9,17H2,1-2H3,(H,30,31)/t20-/m0/s1. The second-order valence-corrected chi connectivity index (χ2v) is 8.37. The molecule has 2 aromatic rings. The fourth-order valence-electron chi connectivity index (χ4n) is 4.67. The lowest BCUT2D eigenvalue weighted by atomic mass is 9.91. The molecule has 1 fully saturated rings. The Bertz CT molecular complexity index is 911. The van der Waals surface area contributed by atoms with Crippen LogP contribution in [0.3, 0.4) is 0 Å². The molecular formula is C26H33N3O2. The summed E-state index contributed by atoms with van der Waals surface area (Å²) >= 11 is 0. The highest BCUT2D eigenvalue weighted by atomic mass is 16.4. The van der Waals surface area contributed by atoms with Crippen LogP contribution in [-0.4, -0.2) is 23.7 Å². The molecule has 1 saturated carbocycles. The Labute approximate surface area is 185 Å². The lowest BCUT2D eigenvalue weighted by molar-refractivity contribution is -0.137. The highest BCUT2D eigenvalue weighted by molar-refractivity contribution is 5.77. The number of carboxylic acid groups (broad SMARTS) is 1. The van der Waals surface area contributed by atoms with Crippen LogP contribution in [0.15, 0.2) is 42.5 Å². The summed E-state index contributed by atoms with van der Waals surface area (Å²) in [6.45, 7) is 5.17. The van der Waals surface area contributed by atoms with Gasteiger partial charge in [-0.25, -0.2) is 0 Å². The van der Waals surface area contributed by atoms with Gasteiger partial charge in [0.1, 0.15) is 0 Å². The van der Waals surface area contributed by atoms with E-state index in [0.717, 1.165) is 35.6 Å². The fraction of sp³-hybridized carbons (Fsp3) is 0.462. The quantitative estimate of drug-likeness (QED) is 0.490. The average molecular weight is 420 g/mol. The number of anilines is 3. The smallest absolute Gasteiger partial charge is 0.303 e. The molecular weight excluding hydrogens is 386 g/mol. The van der Waals surface area contributed by atoms with Crippen molar-refractivity contribution >= 4 is 23.0 Å². The van der Waals surface area contributed by atoms with Gasteiger partial charge in [-0.2, -0.15) is 5.26 Å². The van der Waals surface area contributed by atoms with E-state index in [1.807, 2.05) is 31.2 Å². The molecule has 164 valence electrons. The van der Waals surface area contributed by atoms with Gasteiger partial charge < -0.3 is 15.3 Å². The zero-order valence-corrected chi connectivity index (χ0v) is 18.6. The first-order valence-corrected chi connectivity index (χ1v) is 11.4. The zero-order chi connectivity index (χ0) is 22.2. The molecule has 0 heterocycles. The molecule has 0 saturated heterocycles. The van der Waals surface area contributed by atoms with Crippen LogP contribution >= 0.6 is 0 Å². The minimum Gasteiger partial charge on any atom is -0.481 e. The van der Waals surface area contributed by atoms with Crippen LogP contribution in [0.1, 0.15) is 75.8 Å². The summed E-state index contributed by atoms with van der Waals surface area (Å²) in [7, 11) is 0. The van der Waals surface area contributed by atoms with Crippen molar-refractivity contribution in [1.82, 2.24) is 0 Å². The molecule has 0 spiro atoms. The molecule has 0 amide bonds. The molecule has 3 rings (SSSR count). The molecule has 1 aliphatic carbocycles. The number of aliphatic carboxylic acids is 1. The van der Waals surface area contributed by atoms with Crippen LogP contribution in [0, 0.1) is 11.3 Å². The SMILES string of the molecule is CC[C@@H](CC(=O)O)c1ccc(N(CC)C2CCCCC2)c(Nc2ccc(C#N)cc2)c1. The second kappa shape index (κ2) is 10.9. The summed E-state index contributed by atoms with van der Waals surface area (Å²) in [6.07, 6.45) is 7.19. The zero-order valence-electron chi connectivity index (χ0n) is 18.6. The fourth-order valence-corrected chi connectivity index (χ4v) is 4.67. The number of benzene rings is 2. The Morgan fingerprint density at radius 2 is 1.87 bits per heavy atom. The molecule has 2 aromatic carbocycles. The molecule has 0 aliphatic heterocycles. The summed E-state index contributed by atoms with van der Waals surface area (Å²) in [4.78, 5) is 13.8. The van der Waals surface area contributed by atoms with Gasteiger partial charge in [-0.05, 0) is 74.1 Å².